The van der Waals surface area contributed by atoms with Crippen LogP contribution in [0.5, 0.6) is 0 Å². The SMILES string of the molecule is CCN(Cc1ccc(-n2cccn2)cc1F)c1ncnc2c1ccn2C[C@]1(O)CCN(CC(N)=O)C[C@H]1O. The molecular weight excluding hydrogens is 491 g/mol. The first-order chi connectivity index (χ1) is 18.3. The number of aliphatic hydroxyl groups is 2. The first kappa shape index (κ1) is 25.8. The monoisotopic (exact) mass is 522 g/mol. The topological polar surface area (TPSA) is 139 Å². The number of nitrogens with two attached hydrogens (primary N) is 1. The molecule has 200 valence electrons. The molecule has 0 unspecified atom stereocenters. The van der Waals surface area contributed by atoms with Gasteiger partial charge in [-0.3, -0.25) is 9.69 Å². The molecule has 38 heavy (non-hydrogen) atoms. The van der Waals surface area contributed by atoms with Crippen molar-refractivity contribution < 1.29 is 19.4 Å². The van der Waals surface area contributed by atoms with E-state index in [2.05, 4.69) is 15.1 Å². The molecule has 1 aliphatic rings. The van der Waals surface area contributed by atoms with Gasteiger partial charge in [-0.15, -0.1) is 0 Å². The van der Waals surface area contributed by atoms with Gasteiger partial charge in [0.1, 0.15) is 29.2 Å². The smallest absolute Gasteiger partial charge is 0.231 e. The van der Waals surface area contributed by atoms with E-state index in [1.165, 1.54) is 12.4 Å². The highest BCUT2D eigenvalue weighted by molar-refractivity contribution is 5.88. The number of primary amides is 1. The van der Waals surface area contributed by atoms with Gasteiger partial charge in [-0.05, 0) is 37.6 Å². The molecule has 5 rings (SSSR count). The lowest BCUT2D eigenvalue weighted by atomic mass is 9.88. The van der Waals surface area contributed by atoms with E-state index >= 15 is 4.39 Å². The van der Waals surface area contributed by atoms with Crippen molar-refractivity contribution in [2.24, 2.45) is 5.73 Å². The Labute approximate surface area is 218 Å². The van der Waals surface area contributed by atoms with Crippen LogP contribution in [0.1, 0.15) is 18.9 Å². The number of fused-ring (bicyclic) bond motifs is 1. The van der Waals surface area contributed by atoms with Gasteiger partial charge in [-0.1, -0.05) is 6.07 Å². The molecule has 11 nitrogen and oxygen atoms in total. The van der Waals surface area contributed by atoms with Crippen molar-refractivity contribution in [3.05, 3.63) is 66.6 Å². The summed E-state index contributed by atoms with van der Waals surface area (Å²) in [4.78, 5) is 23.9. The van der Waals surface area contributed by atoms with Crippen LogP contribution in [0, 0.1) is 5.82 Å². The maximum absolute atomic E-state index is 15.0. The fourth-order valence-electron chi connectivity index (χ4n) is 5.01. The summed E-state index contributed by atoms with van der Waals surface area (Å²) >= 11 is 0. The second-order valence-corrected chi connectivity index (χ2v) is 9.69. The Bertz CT molecular complexity index is 1430. The summed E-state index contributed by atoms with van der Waals surface area (Å²) in [6.07, 6.45) is 5.86. The van der Waals surface area contributed by atoms with Gasteiger partial charge in [0, 0.05) is 50.3 Å². The van der Waals surface area contributed by atoms with Crippen molar-refractivity contribution in [2.45, 2.75) is 38.1 Å². The molecule has 4 heterocycles. The van der Waals surface area contributed by atoms with Crippen molar-refractivity contribution in [1.29, 1.82) is 0 Å². The van der Waals surface area contributed by atoms with Crippen LogP contribution in [0.3, 0.4) is 0 Å². The molecule has 4 N–H and O–H groups in total. The summed E-state index contributed by atoms with van der Waals surface area (Å²) < 4.78 is 18.4. The Kier molecular flexibility index (Phi) is 7.11. The zero-order chi connectivity index (χ0) is 26.9. The zero-order valence-electron chi connectivity index (χ0n) is 21.1. The largest absolute Gasteiger partial charge is 0.389 e. The molecule has 2 atom stereocenters. The molecule has 0 radical (unpaired) electrons. The molecule has 3 aromatic heterocycles. The van der Waals surface area contributed by atoms with Gasteiger partial charge in [0.25, 0.3) is 0 Å². The van der Waals surface area contributed by atoms with Crippen LogP contribution in [0.15, 0.2) is 55.2 Å². The third-order valence-electron chi connectivity index (χ3n) is 7.12. The summed E-state index contributed by atoms with van der Waals surface area (Å²) in [5.41, 5.74) is 5.64. The van der Waals surface area contributed by atoms with Crippen LogP contribution in [0.4, 0.5) is 10.2 Å². The maximum Gasteiger partial charge on any atom is 0.231 e. The van der Waals surface area contributed by atoms with Crippen LogP contribution in [-0.2, 0) is 17.9 Å². The van der Waals surface area contributed by atoms with Crippen LogP contribution < -0.4 is 10.6 Å². The van der Waals surface area contributed by atoms with Gasteiger partial charge in [0.15, 0.2) is 0 Å². The van der Waals surface area contributed by atoms with E-state index in [0.717, 1.165) is 5.39 Å². The average molecular weight is 523 g/mol. The van der Waals surface area contributed by atoms with E-state index in [4.69, 9.17) is 5.73 Å². The number of likely N-dealkylation sites (tertiary alicyclic amines) is 1. The molecule has 1 aliphatic heterocycles. The third-order valence-corrected chi connectivity index (χ3v) is 7.12. The zero-order valence-corrected chi connectivity index (χ0v) is 21.1. The number of rotatable bonds is 9. The van der Waals surface area contributed by atoms with E-state index in [1.807, 2.05) is 24.0 Å². The van der Waals surface area contributed by atoms with E-state index < -0.39 is 17.6 Å². The molecule has 0 aliphatic carbocycles. The number of aromatic nitrogens is 5. The predicted molar refractivity (Wildman–Crippen MR) is 139 cm³/mol. The number of piperidine rings is 1. The van der Waals surface area contributed by atoms with Gasteiger partial charge < -0.3 is 25.4 Å². The molecule has 1 amide bonds. The minimum atomic E-state index is -1.39. The van der Waals surface area contributed by atoms with Crippen molar-refractivity contribution in [2.75, 3.05) is 31.1 Å². The standard InChI is InChI=1S/C26H31FN8O3/c1-2-33(13-18-4-5-19(12-21(18)27)35-9-3-8-31-35)24-20-6-10-34(25(20)30-17-29-24)16-26(38)7-11-32(14-22(26)36)15-23(28)37/h3-6,8-10,12,17,22,36,38H,2,7,11,13-16H2,1H3,(H2,28,37)/t22-,26-/m1/s1. The maximum atomic E-state index is 15.0. The highest BCUT2D eigenvalue weighted by atomic mass is 19.1. The minimum absolute atomic E-state index is 0.0373. The van der Waals surface area contributed by atoms with E-state index in [1.54, 1.807) is 44.9 Å². The molecular formula is C26H31FN8O3. The van der Waals surface area contributed by atoms with Crippen LogP contribution >= 0.6 is 0 Å². The Morgan fingerprint density at radius 1 is 1.29 bits per heavy atom. The lowest BCUT2D eigenvalue weighted by Gasteiger charge is -2.42. The summed E-state index contributed by atoms with van der Waals surface area (Å²) in [6, 6.07) is 8.68. The molecule has 1 aromatic carbocycles. The van der Waals surface area contributed by atoms with Crippen molar-refractivity contribution >= 4 is 22.8 Å². The minimum Gasteiger partial charge on any atom is -0.389 e. The van der Waals surface area contributed by atoms with Gasteiger partial charge in [-0.2, -0.15) is 5.10 Å². The first-order valence-electron chi connectivity index (χ1n) is 12.5. The predicted octanol–water partition coefficient (Wildman–Crippen LogP) is 1.07. The number of amides is 1. The number of hydrogen-bond donors (Lipinski definition) is 3. The number of carbonyl (C=O) groups is 1. The number of anilines is 1. The second-order valence-electron chi connectivity index (χ2n) is 9.69. The fourth-order valence-corrected chi connectivity index (χ4v) is 5.01. The quantitative estimate of drug-likeness (QED) is 0.297. The highest BCUT2D eigenvalue weighted by Crippen LogP contribution is 2.30. The molecule has 4 aromatic rings. The van der Waals surface area contributed by atoms with Crippen LogP contribution in [-0.4, -0.2) is 83.2 Å². The van der Waals surface area contributed by atoms with Crippen molar-refractivity contribution in [1.82, 2.24) is 29.2 Å². The number of halogens is 1. The summed E-state index contributed by atoms with van der Waals surface area (Å²) in [5.74, 6) is -0.161. The van der Waals surface area contributed by atoms with Gasteiger partial charge >= 0.3 is 0 Å². The summed E-state index contributed by atoms with van der Waals surface area (Å²) in [7, 11) is 0. The Morgan fingerprint density at radius 3 is 2.82 bits per heavy atom. The number of hydrogen-bond acceptors (Lipinski definition) is 8. The fraction of sp³-hybridized carbons (Fsp3) is 0.385. The number of benzene rings is 1. The molecule has 1 saturated heterocycles. The lowest BCUT2D eigenvalue weighted by molar-refractivity contribution is -0.135. The molecule has 0 bridgehead atoms. The molecule has 12 heteroatoms. The average Bonchev–Trinajstić information content (AvgIpc) is 3.56. The third kappa shape index (κ3) is 5.10. The molecule has 0 spiro atoms. The van der Waals surface area contributed by atoms with Crippen LogP contribution in [0.25, 0.3) is 16.7 Å². The molecule has 0 saturated carbocycles. The molecule has 1 fully saturated rings. The van der Waals surface area contributed by atoms with E-state index in [9.17, 15) is 15.0 Å². The Morgan fingerprint density at radius 2 is 2.13 bits per heavy atom. The Balaban J connectivity index is 1.36. The van der Waals surface area contributed by atoms with Crippen molar-refractivity contribution in [3.63, 3.8) is 0 Å². The summed E-state index contributed by atoms with van der Waals surface area (Å²) in [6.45, 7) is 3.59. The van der Waals surface area contributed by atoms with E-state index in [-0.39, 0.29) is 31.9 Å². The number of carbonyl (C=O) groups excluding carboxylic acids is 1. The van der Waals surface area contributed by atoms with Crippen molar-refractivity contribution in [3.8, 4) is 5.69 Å². The number of nitrogens with zero attached hydrogens (tertiary/aromatic N) is 7. The normalized spacial score (nSPS) is 20.2. The van der Waals surface area contributed by atoms with E-state index in [0.29, 0.717) is 42.4 Å². The number of β-amino-alcohol motifs (C(OH)–C–C–N with tert-alkyl or cyclic N) is 1. The Hall–Kier alpha value is -3.87. The van der Waals surface area contributed by atoms with Gasteiger partial charge in [0.05, 0.1) is 30.3 Å². The van der Waals surface area contributed by atoms with Gasteiger partial charge in [-0.25, -0.2) is 19.0 Å². The summed E-state index contributed by atoms with van der Waals surface area (Å²) in [5, 5.41) is 26.9. The number of aliphatic hydroxyl groups excluding tert-OH is 1. The highest BCUT2D eigenvalue weighted by Gasteiger charge is 2.41. The van der Waals surface area contributed by atoms with Crippen LogP contribution in [0.2, 0.25) is 0 Å². The lowest BCUT2D eigenvalue weighted by Crippen LogP contribution is -2.58. The van der Waals surface area contributed by atoms with Gasteiger partial charge in [0.2, 0.25) is 5.91 Å². The second kappa shape index (κ2) is 10.5. The first-order valence-corrected chi connectivity index (χ1v) is 12.5.